The Morgan fingerprint density at radius 2 is 2.07 bits per heavy atom. The van der Waals surface area contributed by atoms with Crippen LogP contribution in [-0.4, -0.2) is 21.9 Å². The molecular formula is C18H12BrCl2F3N4OS. The Labute approximate surface area is 191 Å². The van der Waals surface area contributed by atoms with Crippen LogP contribution < -0.4 is 10.6 Å². The van der Waals surface area contributed by atoms with E-state index in [4.69, 9.17) is 23.2 Å². The number of nitrogens with zero attached hydrogens (tertiary/aromatic N) is 2. The van der Waals surface area contributed by atoms with Gasteiger partial charge in [0.2, 0.25) is 0 Å². The van der Waals surface area contributed by atoms with Crippen molar-refractivity contribution < 1.29 is 18.0 Å². The predicted octanol–water partition coefficient (Wildman–Crippen LogP) is 6.93. The van der Waals surface area contributed by atoms with Gasteiger partial charge in [-0.15, -0.1) is 11.3 Å². The first-order valence-electron chi connectivity index (χ1n) is 8.56. The lowest BCUT2D eigenvalue weighted by Gasteiger charge is -2.33. The molecule has 30 heavy (non-hydrogen) atoms. The van der Waals surface area contributed by atoms with E-state index in [0.29, 0.717) is 10.7 Å². The number of thiophene rings is 1. The van der Waals surface area contributed by atoms with E-state index in [1.54, 1.807) is 17.5 Å². The molecular weight excluding hydrogens is 528 g/mol. The fraction of sp³-hybridized carbons (Fsp3) is 0.222. The van der Waals surface area contributed by atoms with Crippen LogP contribution in [0, 0.1) is 0 Å². The van der Waals surface area contributed by atoms with E-state index in [-0.39, 0.29) is 27.4 Å². The Morgan fingerprint density at radius 3 is 2.70 bits per heavy atom. The van der Waals surface area contributed by atoms with Gasteiger partial charge in [-0.05, 0) is 45.6 Å². The summed E-state index contributed by atoms with van der Waals surface area (Å²) < 4.78 is 42.3. The summed E-state index contributed by atoms with van der Waals surface area (Å²) >= 11 is 16.4. The highest BCUT2D eigenvalue weighted by Gasteiger charge is 2.48. The lowest BCUT2D eigenvalue weighted by atomic mass is 10.0. The van der Waals surface area contributed by atoms with E-state index in [1.807, 2.05) is 0 Å². The Morgan fingerprint density at radius 1 is 1.30 bits per heavy atom. The topological polar surface area (TPSA) is 59.0 Å². The van der Waals surface area contributed by atoms with Crippen LogP contribution in [0.15, 0.2) is 40.2 Å². The number of anilines is 2. The molecule has 0 radical (unpaired) electrons. The summed E-state index contributed by atoms with van der Waals surface area (Å²) in [6.07, 6.45) is -4.77. The summed E-state index contributed by atoms with van der Waals surface area (Å²) in [5.74, 6) is -0.584. The maximum absolute atomic E-state index is 13.8. The third kappa shape index (κ3) is 4.05. The number of fused-ring (bicyclic) bond motifs is 1. The number of carbonyl (C=O) groups is 1. The van der Waals surface area contributed by atoms with E-state index in [9.17, 15) is 18.0 Å². The van der Waals surface area contributed by atoms with Crippen LogP contribution in [0.3, 0.4) is 0 Å². The molecule has 3 heterocycles. The number of benzene rings is 1. The van der Waals surface area contributed by atoms with Gasteiger partial charge in [-0.3, -0.25) is 4.79 Å². The van der Waals surface area contributed by atoms with Crippen LogP contribution in [0.25, 0.3) is 0 Å². The molecule has 158 valence electrons. The smallest absolute Gasteiger partial charge is 0.362 e. The van der Waals surface area contributed by atoms with Gasteiger partial charge < -0.3 is 10.6 Å². The number of hydrogen-bond donors (Lipinski definition) is 2. The van der Waals surface area contributed by atoms with Gasteiger partial charge in [0.15, 0.2) is 11.7 Å². The summed E-state index contributed by atoms with van der Waals surface area (Å²) in [4.78, 5) is 13.5. The molecule has 3 aromatic rings. The first-order chi connectivity index (χ1) is 14.1. The van der Waals surface area contributed by atoms with Crippen molar-refractivity contribution in [3.8, 4) is 0 Å². The van der Waals surface area contributed by atoms with Crippen LogP contribution in [0.4, 0.5) is 24.7 Å². The minimum Gasteiger partial charge on any atom is -0.362 e. The number of rotatable bonds is 3. The SMILES string of the molecule is O=C(Nc1ccc(Cl)c(Cl)c1)c1nn2c(c1Br)N[C@@H](c1cccs1)C[C@@H]2C(F)(F)F. The van der Waals surface area contributed by atoms with Crippen LogP contribution in [0.2, 0.25) is 10.0 Å². The first-order valence-corrected chi connectivity index (χ1v) is 11.0. The highest BCUT2D eigenvalue weighted by molar-refractivity contribution is 9.10. The molecule has 0 unspecified atom stereocenters. The van der Waals surface area contributed by atoms with Crippen molar-refractivity contribution in [3.63, 3.8) is 0 Å². The van der Waals surface area contributed by atoms with Gasteiger partial charge in [-0.1, -0.05) is 29.3 Å². The van der Waals surface area contributed by atoms with Gasteiger partial charge in [0.1, 0.15) is 5.82 Å². The number of carbonyl (C=O) groups excluding carboxylic acids is 1. The zero-order valence-corrected chi connectivity index (χ0v) is 18.7. The van der Waals surface area contributed by atoms with Crippen LogP contribution in [0.1, 0.15) is 33.9 Å². The average Bonchev–Trinajstić information content (AvgIpc) is 3.32. The minimum atomic E-state index is -4.53. The third-order valence-corrected chi connectivity index (χ3v) is 7.05. The Bertz CT molecular complexity index is 1100. The zero-order chi connectivity index (χ0) is 21.6. The molecule has 5 nitrogen and oxygen atoms in total. The maximum atomic E-state index is 13.8. The summed E-state index contributed by atoms with van der Waals surface area (Å²) in [6, 6.07) is 5.59. The number of aromatic nitrogens is 2. The molecule has 0 fully saturated rings. The van der Waals surface area contributed by atoms with E-state index >= 15 is 0 Å². The highest BCUT2D eigenvalue weighted by atomic mass is 79.9. The van der Waals surface area contributed by atoms with Crippen LogP contribution in [0.5, 0.6) is 0 Å². The monoisotopic (exact) mass is 538 g/mol. The quantitative estimate of drug-likeness (QED) is 0.379. The van der Waals surface area contributed by atoms with E-state index < -0.39 is 24.2 Å². The molecule has 2 N–H and O–H groups in total. The molecule has 2 aromatic heterocycles. The fourth-order valence-corrected chi connectivity index (χ4v) is 4.82. The van der Waals surface area contributed by atoms with Crippen molar-refractivity contribution in [1.82, 2.24) is 9.78 Å². The van der Waals surface area contributed by atoms with Gasteiger partial charge in [0, 0.05) is 17.0 Å². The number of halogens is 6. The van der Waals surface area contributed by atoms with Crippen LogP contribution in [-0.2, 0) is 0 Å². The van der Waals surface area contributed by atoms with E-state index in [1.165, 1.54) is 29.5 Å². The van der Waals surface area contributed by atoms with Crippen molar-refractivity contribution in [1.29, 1.82) is 0 Å². The van der Waals surface area contributed by atoms with E-state index in [2.05, 4.69) is 31.7 Å². The van der Waals surface area contributed by atoms with Crippen molar-refractivity contribution in [2.75, 3.05) is 10.6 Å². The standard InChI is InChI=1S/C18H12BrCl2F3N4OS/c19-14-15(17(29)25-8-3-4-9(20)10(21)6-8)27-28-13(18(22,23)24)7-11(26-16(14)28)12-2-1-5-30-12/h1-6,11,13,26H,7H2,(H,25,29)/t11-,13-/m1/s1. The summed E-state index contributed by atoms with van der Waals surface area (Å²) in [7, 11) is 0. The van der Waals surface area contributed by atoms with Crippen molar-refractivity contribution in [2.24, 2.45) is 0 Å². The van der Waals surface area contributed by atoms with Crippen molar-refractivity contribution in [3.05, 3.63) is 60.8 Å². The molecule has 2 atom stereocenters. The summed E-state index contributed by atoms with van der Waals surface area (Å²) in [5.41, 5.74) is 0.161. The first kappa shape index (κ1) is 21.5. The molecule has 1 aliphatic rings. The number of hydrogen-bond acceptors (Lipinski definition) is 4. The van der Waals surface area contributed by atoms with E-state index in [0.717, 1.165) is 9.56 Å². The molecule has 0 spiro atoms. The second kappa shape index (κ2) is 8.07. The fourth-order valence-electron chi connectivity index (χ4n) is 3.17. The molecule has 1 aromatic carbocycles. The summed E-state index contributed by atoms with van der Waals surface area (Å²) in [5, 5.41) is 12.0. The molecule has 0 saturated heterocycles. The molecule has 0 saturated carbocycles. The van der Waals surface area contributed by atoms with Gasteiger partial charge in [-0.2, -0.15) is 18.3 Å². The molecule has 0 bridgehead atoms. The second-order valence-electron chi connectivity index (χ2n) is 6.54. The van der Waals surface area contributed by atoms with Crippen LogP contribution >= 0.6 is 50.5 Å². The molecule has 0 aliphatic carbocycles. The lowest BCUT2D eigenvalue weighted by molar-refractivity contribution is -0.173. The third-order valence-electron chi connectivity index (χ3n) is 4.57. The predicted molar refractivity (Wildman–Crippen MR) is 115 cm³/mol. The highest BCUT2D eigenvalue weighted by Crippen LogP contribution is 2.47. The number of nitrogens with one attached hydrogen (secondary N) is 2. The molecule has 1 aliphatic heterocycles. The average molecular weight is 540 g/mol. The summed E-state index contributed by atoms with van der Waals surface area (Å²) in [6.45, 7) is 0. The number of alkyl halides is 3. The molecule has 1 amide bonds. The minimum absolute atomic E-state index is 0.0984. The van der Waals surface area contributed by atoms with Gasteiger partial charge in [-0.25, -0.2) is 4.68 Å². The Hall–Kier alpha value is -1.75. The lowest BCUT2D eigenvalue weighted by Crippen LogP contribution is -2.35. The largest absolute Gasteiger partial charge is 0.410 e. The second-order valence-corrected chi connectivity index (χ2v) is 9.13. The Balaban J connectivity index is 1.69. The maximum Gasteiger partial charge on any atom is 0.410 e. The molecule has 4 rings (SSSR count). The van der Waals surface area contributed by atoms with Gasteiger partial charge in [0.05, 0.1) is 20.6 Å². The number of amides is 1. The zero-order valence-electron chi connectivity index (χ0n) is 14.8. The normalized spacial score (nSPS) is 18.6. The van der Waals surface area contributed by atoms with Gasteiger partial charge in [0.25, 0.3) is 5.91 Å². The van der Waals surface area contributed by atoms with Crippen molar-refractivity contribution in [2.45, 2.75) is 24.7 Å². The Kier molecular flexibility index (Phi) is 5.78. The van der Waals surface area contributed by atoms with Gasteiger partial charge >= 0.3 is 6.18 Å². The molecule has 12 heteroatoms. The van der Waals surface area contributed by atoms with Crippen molar-refractivity contribution >= 4 is 67.9 Å².